The van der Waals surface area contributed by atoms with E-state index in [1.807, 2.05) is 0 Å². The van der Waals surface area contributed by atoms with Crippen molar-refractivity contribution in [3.63, 3.8) is 0 Å². The van der Waals surface area contributed by atoms with Crippen LogP contribution in [0.25, 0.3) is 0 Å². The molecule has 0 aromatic heterocycles. The molecule has 1 atom stereocenters. The molecule has 0 saturated carbocycles. The molecule has 0 amide bonds. The van der Waals surface area contributed by atoms with Gasteiger partial charge in [-0.15, -0.1) is 0 Å². The van der Waals surface area contributed by atoms with Crippen molar-refractivity contribution >= 4 is 5.97 Å². The minimum Gasteiger partial charge on any atom is -0.455 e. The molecule has 0 unspecified atom stereocenters. The van der Waals surface area contributed by atoms with Crippen molar-refractivity contribution in [1.29, 1.82) is 0 Å². The summed E-state index contributed by atoms with van der Waals surface area (Å²) in [6, 6.07) is 0. The van der Waals surface area contributed by atoms with Crippen LogP contribution in [0.5, 0.6) is 0 Å². The second kappa shape index (κ2) is 3.89. The van der Waals surface area contributed by atoms with Gasteiger partial charge in [0.25, 0.3) is 0 Å². The third-order valence-electron chi connectivity index (χ3n) is 0.801. The zero-order valence-electron chi connectivity index (χ0n) is 5.46. The molecule has 0 heterocycles. The fourth-order valence-corrected chi connectivity index (χ4v) is 0.279. The van der Waals surface area contributed by atoms with Gasteiger partial charge < -0.3 is 4.74 Å². The molecule has 0 saturated heterocycles. The Morgan fingerprint density at radius 2 is 2.22 bits per heavy atom. The molecule has 0 N–H and O–H groups in total. The summed E-state index contributed by atoms with van der Waals surface area (Å²) in [5, 5.41) is 0. The standard InChI is InChI=1S/C7H10O2/c1-4-6(3)9-7(8)5-2/h4-6H,1-2H2,3H3/t6-/m0/s1. The molecule has 0 aromatic rings. The van der Waals surface area contributed by atoms with E-state index in [1.165, 1.54) is 0 Å². The Morgan fingerprint density at radius 3 is 2.56 bits per heavy atom. The van der Waals surface area contributed by atoms with Gasteiger partial charge >= 0.3 is 5.97 Å². The largest absolute Gasteiger partial charge is 0.455 e. The van der Waals surface area contributed by atoms with Gasteiger partial charge in [-0.05, 0) is 6.92 Å². The molecule has 0 aromatic carbocycles. The summed E-state index contributed by atoms with van der Waals surface area (Å²) in [6.45, 7) is 8.41. The summed E-state index contributed by atoms with van der Waals surface area (Å²) in [5.74, 6) is -0.414. The van der Waals surface area contributed by atoms with E-state index in [4.69, 9.17) is 0 Å². The SMILES string of the molecule is C=CC(=O)O[C@@H](C)C=C. The van der Waals surface area contributed by atoms with Crippen molar-refractivity contribution in [2.75, 3.05) is 0 Å². The van der Waals surface area contributed by atoms with Crippen molar-refractivity contribution in [3.8, 4) is 0 Å². The van der Waals surface area contributed by atoms with E-state index in [0.29, 0.717) is 0 Å². The maximum atomic E-state index is 10.4. The lowest BCUT2D eigenvalue weighted by molar-refractivity contribution is -0.140. The normalized spacial score (nSPS) is 11.7. The fraction of sp³-hybridized carbons (Fsp3) is 0.286. The molecule has 0 aliphatic heterocycles. The van der Waals surface area contributed by atoms with Gasteiger partial charge in [-0.1, -0.05) is 19.2 Å². The van der Waals surface area contributed by atoms with E-state index in [-0.39, 0.29) is 6.10 Å². The first kappa shape index (κ1) is 7.95. The zero-order chi connectivity index (χ0) is 7.28. The highest BCUT2D eigenvalue weighted by Crippen LogP contribution is 1.91. The molecule has 2 heteroatoms. The lowest BCUT2D eigenvalue weighted by Gasteiger charge is -2.04. The molecule has 0 rings (SSSR count). The molecule has 0 spiro atoms. The van der Waals surface area contributed by atoms with Crippen LogP contribution in [0, 0.1) is 0 Å². The maximum absolute atomic E-state index is 10.4. The molecule has 0 radical (unpaired) electrons. The van der Waals surface area contributed by atoms with Crippen LogP contribution >= 0.6 is 0 Å². The number of hydrogen-bond acceptors (Lipinski definition) is 2. The number of ether oxygens (including phenoxy) is 1. The summed E-state index contributed by atoms with van der Waals surface area (Å²) in [5.41, 5.74) is 0. The van der Waals surface area contributed by atoms with Gasteiger partial charge in [0.1, 0.15) is 6.10 Å². The smallest absolute Gasteiger partial charge is 0.330 e. The number of carbonyl (C=O) groups is 1. The molecule has 0 aliphatic carbocycles. The predicted molar refractivity (Wildman–Crippen MR) is 35.9 cm³/mol. The molecule has 0 fully saturated rings. The van der Waals surface area contributed by atoms with Crippen molar-refractivity contribution < 1.29 is 9.53 Å². The van der Waals surface area contributed by atoms with Crippen LogP contribution < -0.4 is 0 Å². The van der Waals surface area contributed by atoms with Gasteiger partial charge in [-0.3, -0.25) is 0 Å². The first-order valence-electron chi connectivity index (χ1n) is 2.66. The maximum Gasteiger partial charge on any atom is 0.330 e. The molecule has 50 valence electrons. The Morgan fingerprint density at radius 1 is 1.67 bits per heavy atom. The molecule has 2 nitrogen and oxygen atoms in total. The second-order valence-electron chi connectivity index (χ2n) is 1.58. The third kappa shape index (κ3) is 3.53. The van der Waals surface area contributed by atoms with E-state index in [9.17, 15) is 4.79 Å². The van der Waals surface area contributed by atoms with Gasteiger partial charge in [-0.2, -0.15) is 0 Å². The van der Waals surface area contributed by atoms with Crippen LogP contribution in [0.1, 0.15) is 6.92 Å². The van der Waals surface area contributed by atoms with E-state index >= 15 is 0 Å². The van der Waals surface area contributed by atoms with Crippen LogP contribution in [0.15, 0.2) is 25.3 Å². The Labute approximate surface area is 54.8 Å². The highest BCUT2D eigenvalue weighted by atomic mass is 16.5. The van der Waals surface area contributed by atoms with Crippen molar-refractivity contribution in [1.82, 2.24) is 0 Å². The predicted octanol–water partition coefficient (Wildman–Crippen LogP) is 1.29. The Hall–Kier alpha value is -1.05. The van der Waals surface area contributed by atoms with Gasteiger partial charge in [0.05, 0.1) is 0 Å². The average Bonchev–Trinajstić information content (AvgIpc) is 1.87. The molecular formula is C7H10O2. The van der Waals surface area contributed by atoms with Crippen LogP contribution in [0.2, 0.25) is 0 Å². The lowest BCUT2D eigenvalue weighted by Crippen LogP contribution is -2.08. The van der Waals surface area contributed by atoms with Crippen LogP contribution in [0.4, 0.5) is 0 Å². The Bertz CT molecular complexity index is 127. The zero-order valence-corrected chi connectivity index (χ0v) is 5.46. The molecule has 0 aliphatic rings. The Kier molecular flexibility index (Phi) is 3.44. The Balaban J connectivity index is 3.58. The van der Waals surface area contributed by atoms with Crippen molar-refractivity contribution in [2.24, 2.45) is 0 Å². The first-order valence-corrected chi connectivity index (χ1v) is 2.66. The lowest BCUT2D eigenvalue weighted by atomic mass is 10.4. The fourth-order valence-electron chi connectivity index (χ4n) is 0.279. The highest BCUT2D eigenvalue weighted by molar-refractivity contribution is 5.81. The van der Waals surface area contributed by atoms with Crippen LogP contribution in [-0.4, -0.2) is 12.1 Å². The highest BCUT2D eigenvalue weighted by Gasteiger charge is 1.98. The molecule has 0 bridgehead atoms. The minimum absolute atomic E-state index is 0.226. The van der Waals surface area contributed by atoms with E-state index < -0.39 is 5.97 Å². The van der Waals surface area contributed by atoms with Crippen molar-refractivity contribution in [3.05, 3.63) is 25.3 Å². The number of esters is 1. The van der Waals surface area contributed by atoms with E-state index in [2.05, 4.69) is 17.9 Å². The third-order valence-corrected chi connectivity index (χ3v) is 0.801. The number of carbonyl (C=O) groups excluding carboxylic acids is 1. The topological polar surface area (TPSA) is 26.3 Å². The summed E-state index contributed by atoms with van der Waals surface area (Å²) < 4.78 is 4.67. The minimum atomic E-state index is -0.414. The summed E-state index contributed by atoms with van der Waals surface area (Å²) in [6.07, 6.45) is 2.44. The first-order chi connectivity index (χ1) is 4.20. The van der Waals surface area contributed by atoms with Gasteiger partial charge in [-0.25, -0.2) is 4.79 Å². The van der Waals surface area contributed by atoms with Crippen molar-refractivity contribution in [2.45, 2.75) is 13.0 Å². The number of hydrogen-bond donors (Lipinski definition) is 0. The van der Waals surface area contributed by atoms with E-state index in [1.54, 1.807) is 13.0 Å². The van der Waals surface area contributed by atoms with Gasteiger partial charge in [0.2, 0.25) is 0 Å². The number of rotatable bonds is 3. The quantitative estimate of drug-likeness (QED) is 0.323. The van der Waals surface area contributed by atoms with Crippen LogP contribution in [0.3, 0.4) is 0 Å². The molecular weight excluding hydrogens is 116 g/mol. The molecule has 9 heavy (non-hydrogen) atoms. The van der Waals surface area contributed by atoms with Crippen LogP contribution in [-0.2, 0) is 9.53 Å². The van der Waals surface area contributed by atoms with Gasteiger partial charge in [0, 0.05) is 6.08 Å². The second-order valence-corrected chi connectivity index (χ2v) is 1.58. The monoisotopic (exact) mass is 126 g/mol. The van der Waals surface area contributed by atoms with E-state index in [0.717, 1.165) is 6.08 Å². The summed E-state index contributed by atoms with van der Waals surface area (Å²) >= 11 is 0. The summed E-state index contributed by atoms with van der Waals surface area (Å²) in [7, 11) is 0. The van der Waals surface area contributed by atoms with Gasteiger partial charge in [0.15, 0.2) is 0 Å². The average molecular weight is 126 g/mol. The summed E-state index contributed by atoms with van der Waals surface area (Å²) in [4.78, 5) is 10.4.